The molecule has 1 N–H and O–H groups in total. The van der Waals surface area contributed by atoms with Crippen molar-refractivity contribution < 1.29 is 22.5 Å². The van der Waals surface area contributed by atoms with Crippen LogP contribution in [0.25, 0.3) is 0 Å². The van der Waals surface area contributed by atoms with E-state index in [0.29, 0.717) is 23.8 Å². The molecule has 0 spiro atoms. The number of hydrogen-bond donors (Lipinski definition) is 1. The summed E-state index contributed by atoms with van der Waals surface area (Å²) in [5.41, 5.74) is 0.350. The summed E-state index contributed by atoms with van der Waals surface area (Å²) in [6.07, 6.45) is 0.580. The Bertz CT molecular complexity index is 973. The van der Waals surface area contributed by atoms with Gasteiger partial charge in [0.25, 0.3) is 5.91 Å². The summed E-state index contributed by atoms with van der Waals surface area (Å²) in [6.45, 7) is 5.11. The monoisotopic (exact) mass is 414 g/mol. The zero-order chi connectivity index (χ0) is 19.8. The van der Waals surface area contributed by atoms with Gasteiger partial charge < -0.3 is 9.26 Å². The first-order valence-corrected chi connectivity index (χ1v) is 10.2. The molecule has 2 heterocycles. The topological polar surface area (TPSA) is 115 Å². The number of fused-ring (bicyclic) bond motifs is 1. The Balaban J connectivity index is 1.98. The molecule has 11 heteroatoms. The normalized spacial score (nSPS) is 14.4. The van der Waals surface area contributed by atoms with Gasteiger partial charge in [0, 0.05) is 18.5 Å². The number of halogens is 1. The molecule has 2 aromatic rings. The van der Waals surface area contributed by atoms with Gasteiger partial charge in [-0.25, -0.2) is 13.1 Å². The fourth-order valence-corrected chi connectivity index (χ4v) is 4.38. The van der Waals surface area contributed by atoms with Gasteiger partial charge in [0.2, 0.25) is 15.9 Å². The molecule has 0 radical (unpaired) electrons. The molecular weight excluding hydrogens is 396 g/mol. The number of rotatable bonds is 6. The molecule has 27 heavy (non-hydrogen) atoms. The second-order valence-corrected chi connectivity index (χ2v) is 8.34. The minimum atomic E-state index is -3.82. The maximum Gasteiger partial charge on any atom is 0.265 e. The van der Waals surface area contributed by atoms with Gasteiger partial charge in [0.15, 0.2) is 12.4 Å². The molecule has 0 unspecified atom stereocenters. The quantitative estimate of drug-likeness (QED) is 0.767. The Hall–Kier alpha value is -2.17. The summed E-state index contributed by atoms with van der Waals surface area (Å²) in [5, 5.41) is 3.82. The SMILES string of the molecule is CCc1nc(CN2C(=O)COc3cc(S(=O)(=O)NC(C)C)c(Cl)cc32)no1. The molecule has 1 aromatic heterocycles. The van der Waals surface area contributed by atoms with Gasteiger partial charge in [-0.05, 0) is 19.9 Å². The van der Waals surface area contributed by atoms with Gasteiger partial charge >= 0.3 is 0 Å². The van der Waals surface area contributed by atoms with E-state index in [1.807, 2.05) is 6.92 Å². The number of amides is 1. The van der Waals surface area contributed by atoms with Crippen molar-refractivity contribution in [2.75, 3.05) is 11.5 Å². The lowest BCUT2D eigenvalue weighted by Gasteiger charge is -2.29. The van der Waals surface area contributed by atoms with Crippen molar-refractivity contribution in [1.29, 1.82) is 0 Å². The van der Waals surface area contributed by atoms with E-state index in [1.165, 1.54) is 17.0 Å². The molecular formula is C16H19ClN4O5S. The number of nitrogens with one attached hydrogen (secondary N) is 1. The van der Waals surface area contributed by atoms with Gasteiger partial charge in [-0.2, -0.15) is 4.98 Å². The van der Waals surface area contributed by atoms with Crippen LogP contribution in [0.5, 0.6) is 5.75 Å². The van der Waals surface area contributed by atoms with Gasteiger partial charge in [0.1, 0.15) is 10.6 Å². The van der Waals surface area contributed by atoms with Gasteiger partial charge in [-0.3, -0.25) is 9.69 Å². The molecule has 3 rings (SSSR count). The van der Waals surface area contributed by atoms with E-state index in [-0.39, 0.29) is 40.8 Å². The average molecular weight is 415 g/mol. The molecule has 0 fully saturated rings. The van der Waals surface area contributed by atoms with Gasteiger partial charge in [-0.1, -0.05) is 23.7 Å². The fourth-order valence-electron chi connectivity index (χ4n) is 2.60. The molecule has 1 aliphatic rings. The van der Waals surface area contributed by atoms with Gasteiger partial charge in [0.05, 0.1) is 17.3 Å². The average Bonchev–Trinajstić information content (AvgIpc) is 3.03. The van der Waals surface area contributed by atoms with Crippen molar-refractivity contribution in [1.82, 2.24) is 14.9 Å². The van der Waals surface area contributed by atoms with Crippen molar-refractivity contribution in [3.8, 4) is 5.75 Å². The van der Waals surface area contributed by atoms with Crippen molar-refractivity contribution >= 4 is 33.2 Å². The summed E-state index contributed by atoms with van der Waals surface area (Å²) >= 11 is 6.21. The number of benzene rings is 1. The van der Waals surface area contributed by atoms with Crippen LogP contribution in [0.1, 0.15) is 32.5 Å². The first kappa shape index (κ1) is 19.6. The van der Waals surface area contributed by atoms with E-state index in [0.717, 1.165) is 0 Å². The van der Waals surface area contributed by atoms with Crippen LogP contribution in [0.4, 0.5) is 5.69 Å². The number of anilines is 1. The number of nitrogens with zero attached hydrogens (tertiary/aromatic N) is 3. The summed E-state index contributed by atoms with van der Waals surface area (Å²) in [7, 11) is -3.82. The lowest BCUT2D eigenvalue weighted by Crippen LogP contribution is -2.39. The second kappa shape index (κ2) is 7.45. The summed E-state index contributed by atoms with van der Waals surface area (Å²) < 4.78 is 37.9. The number of ether oxygens (including phenoxy) is 1. The van der Waals surface area contributed by atoms with E-state index < -0.39 is 10.0 Å². The van der Waals surface area contributed by atoms with Crippen LogP contribution in [-0.4, -0.2) is 37.1 Å². The highest BCUT2D eigenvalue weighted by atomic mass is 35.5. The zero-order valence-corrected chi connectivity index (χ0v) is 16.6. The standard InChI is InChI=1S/C16H19ClN4O5S/c1-4-15-18-14(19-26-15)7-21-11-5-10(17)13(27(23,24)20-9(2)3)6-12(11)25-8-16(21)22/h5-6,9,20H,4,7-8H2,1-3H3. The number of aryl methyl sites for hydroxylation is 1. The molecule has 1 aliphatic heterocycles. The molecule has 1 amide bonds. The number of sulfonamides is 1. The van der Waals surface area contributed by atoms with Gasteiger partial charge in [-0.15, -0.1) is 0 Å². The van der Waals surface area contributed by atoms with Crippen LogP contribution >= 0.6 is 11.6 Å². The van der Waals surface area contributed by atoms with E-state index >= 15 is 0 Å². The second-order valence-electron chi connectivity index (χ2n) is 6.25. The van der Waals surface area contributed by atoms with Crippen LogP contribution in [0, 0.1) is 0 Å². The largest absolute Gasteiger partial charge is 0.482 e. The van der Waals surface area contributed by atoms with E-state index in [2.05, 4.69) is 14.9 Å². The minimum Gasteiger partial charge on any atom is -0.482 e. The third-order valence-corrected chi connectivity index (χ3v) is 5.87. The first-order valence-electron chi connectivity index (χ1n) is 8.31. The third-order valence-electron chi connectivity index (χ3n) is 3.75. The molecule has 0 saturated carbocycles. The lowest BCUT2D eigenvalue weighted by molar-refractivity contribution is -0.121. The van der Waals surface area contributed by atoms with Crippen molar-refractivity contribution in [2.24, 2.45) is 0 Å². The number of carbonyl (C=O) groups excluding carboxylic acids is 1. The minimum absolute atomic E-state index is 0.0208. The maximum atomic E-state index is 12.5. The number of aromatic nitrogens is 2. The van der Waals surface area contributed by atoms with Crippen LogP contribution in [-0.2, 0) is 27.8 Å². The Morgan fingerprint density at radius 3 is 2.74 bits per heavy atom. The third kappa shape index (κ3) is 4.07. The van der Waals surface area contributed by atoms with E-state index in [4.69, 9.17) is 20.9 Å². The first-order chi connectivity index (χ1) is 12.7. The number of carbonyl (C=O) groups is 1. The molecule has 0 atom stereocenters. The van der Waals surface area contributed by atoms with Crippen molar-refractivity contribution in [3.05, 3.63) is 28.9 Å². The molecule has 0 saturated heterocycles. The summed E-state index contributed by atoms with van der Waals surface area (Å²) in [5.74, 6) is 0.715. The zero-order valence-electron chi connectivity index (χ0n) is 15.0. The van der Waals surface area contributed by atoms with Crippen LogP contribution in [0.2, 0.25) is 5.02 Å². The lowest BCUT2D eigenvalue weighted by atomic mass is 10.2. The molecule has 146 valence electrons. The Labute approximate surface area is 161 Å². The van der Waals surface area contributed by atoms with Crippen LogP contribution in [0.3, 0.4) is 0 Å². The fraction of sp³-hybridized carbons (Fsp3) is 0.438. The molecule has 0 aliphatic carbocycles. The predicted molar refractivity (Wildman–Crippen MR) is 97.3 cm³/mol. The highest BCUT2D eigenvalue weighted by Gasteiger charge is 2.30. The van der Waals surface area contributed by atoms with Crippen LogP contribution < -0.4 is 14.4 Å². The van der Waals surface area contributed by atoms with Crippen LogP contribution in [0.15, 0.2) is 21.6 Å². The smallest absolute Gasteiger partial charge is 0.265 e. The molecule has 1 aromatic carbocycles. The Morgan fingerprint density at radius 1 is 1.37 bits per heavy atom. The van der Waals surface area contributed by atoms with Crippen molar-refractivity contribution in [2.45, 2.75) is 44.7 Å². The summed E-state index contributed by atoms with van der Waals surface area (Å²) in [6, 6.07) is 2.41. The van der Waals surface area contributed by atoms with Crippen molar-refractivity contribution in [3.63, 3.8) is 0 Å². The van der Waals surface area contributed by atoms with E-state index in [9.17, 15) is 13.2 Å². The maximum absolute atomic E-state index is 12.5. The molecule has 0 bridgehead atoms. The number of hydrogen-bond acceptors (Lipinski definition) is 7. The molecule has 9 nitrogen and oxygen atoms in total. The Morgan fingerprint density at radius 2 is 2.11 bits per heavy atom. The predicted octanol–water partition coefficient (Wildman–Crippen LogP) is 1.90. The van der Waals surface area contributed by atoms with E-state index in [1.54, 1.807) is 13.8 Å². The summed E-state index contributed by atoms with van der Waals surface area (Å²) in [4.78, 5) is 17.8. The Kier molecular flexibility index (Phi) is 5.41. The highest BCUT2D eigenvalue weighted by Crippen LogP contribution is 2.39. The highest BCUT2D eigenvalue weighted by molar-refractivity contribution is 7.89.